The van der Waals surface area contributed by atoms with Crippen molar-refractivity contribution in [2.45, 2.75) is 25.9 Å². The Bertz CT molecular complexity index is 162. The Balaban J connectivity index is 2.25. The SMILES string of the molecule is C[C@]12C=C[C@H]1[C@H](O)CC2. The molecule has 0 unspecified atom stereocenters. The average Bonchev–Trinajstić information content (AvgIpc) is 1.93. The minimum atomic E-state index is -0.0417. The quantitative estimate of drug-likeness (QED) is 0.483. The lowest BCUT2D eigenvalue weighted by atomic mass is 9.70. The van der Waals surface area contributed by atoms with E-state index in [-0.39, 0.29) is 6.10 Å². The van der Waals surface area contributed by atoms with Gasteiger partial charge in [-0.3, -0.25) is 0 Å². The van der Waals surface area contributed by atoms with Crippen molar-refractivity contribution in [1.82, 2.24) is 0 Å². The third-order valence-electron chi connectivity index (χ3n) is 2.84. The highest BCUT2D eigenvalue weighted by atomic mass is 16.3. The Hall–Kier alpha value is -0.300. The standard InChI is InChI=1S/C8H12O/c1-8-4-2-6(8)7(9)3-5-8/h2,4,6-7,9H,3,5H2,1H3/t6-,7+,8+/m0/s1. The maximum absolute atomic E-state index is 9.33. The molecule has 0 bridgehead atoms. The molecule has 2 aliphatic rings. The van der Waals surface area contributed by atoms with E-state index in [2.05, 4.69) is 19.1 Å². The molecule has 0 heterocycles. The maximum atomic E-state index is 9.33. The molecule has 2 aliphatic carbocycles. The lowest BCUT2D eigenvalue weighted by Crippen LogP contribution is -2.30. The van der Waals surface area contributed by atoms with Crippen LogP contribution in [0.5, 0.6) is 0 Å². The first-order valence-corrected chi connectivity index (χ1v) is 3.60. The molecule has 1 fully saturated rings. The van der Waals surface area contributed by atoms with Crippen LogP contribution in [0.1, 0.15) is 19.8 Å². The molecule has 0 saturated heterocycles. The summed E-state index contributed by atoms with van der Waals surface area (Å²) in [7, 11) is 0. The topological polar surface area (TPSA) is 20.2 Å². The zero-order valence-corrected chi connectivity index (χ0v) is 5.67. The number of fused-ring (bicyclic) bond motifs is 1. The van der Waals surface area contributed by atoms with Crippen LogP contribution in [0, 0.1) is 11.3 Å². The van der Waals surface area contributed by atoms with E-state index in [1.54, 1.807) is 0 Å². The van der Waals surface area contributed by atoms with E-state index in [1.165, 1.54) is 6.42 Å². The minimum absolute atomic E-state index is 0.0417. The van der Waals surface area contributed by atoms with E-state index in [0.717, 1.165) is 6.42 Å². The van der Waals surface area contributed by atoms with Gasteiger partial charge < -0.3 is 5.11 Å². The van der Waals surface area contributed by atoms with Gasteiger partial charge in [0.25, 0.3) is 0 Å². The number of allylic oxidation sites excluding steroid dienone is 1. The summed E-state index contributed by atoms with van der Waals surface area (Å²) in [6, 6.07) is 0. The number of hydrogen-bond donors (Lipinski definition) is 1. The van der Waals surface area contributed by atoms with E-state index >= 15 is 0 Å². The van der Waals surface area contributed by atoms with E-state index in [9.17, 15) is 5.11 Å². The molecule has 1 saturated carbocycles. The Kier molecular flexibility index (Phi) is 0.854. The summed E-state index contributed by atoms with van der Waals surface area (Å²) in [6.45, 7) is 2.23. The lowest BCUT2D eigenvalue weighted by Gasteiger charge is -2.35. The van der Waals surface area contributed by atoms with Crippen LogP contribution in [0.4, 0.5) is 0 Å². The van der Waals surface area contributed by atoms with Crippen molar-refractivity contribution in [2.24, 2.45) is 11.3 Å². The van der Waals surface area contributed by atoms with E-state index in [4.69, 9.17) is 0 Å². The summed E-state index contributed by atoms with van der Waals surface area (Å²) >= 11 is 0. The number of rotatable bonds is 0. The summed E-state index contributed by atoms with van der Waals surface area (Å²) < 4.78 is 0. The summed E-state index contributed by atoms with van der Waals surface area (Å²) in [6.07, 6.45) is 6.50. The van der Waals surface area contributed by atoms with Gasteiger partial charge in [0.15, 0.2) is 0 Å². The van der Waals surface area contributed by atoms with E-state index < -0.39 is 0 Å². The van der Waals surface area contributed by atoms with E-state index in [0.29, 0.717) is 11.3 Å². The molecule has 1 N–H and O–H groups in total. The lowest BCUT2D eigenvalue weighted by molar-refractivity contribution is 0.118. The summed E-state index contributed by atoms with van der Waals surface area (Å²) in [5.41, 5.74) is 0.374. The van der Waals surface area contributed by atoms with Crippen LogP contribution < -0.4 is 0 Å². The molecule has 0 aromatic rings. The fourth-order valence-electron chi connectivity index (χ4n) is 1.99. The molecule has 1 heteroatoms. The molecule has 2 rings (SSSR count). The molecular formula is C8H12O. The number of aliphatic hydroxyl groups is 1. The Labute approximate surface area is 55.4 Å². The van der Waals surface area contributed by atoms with Gasteiger partial charge in [0.1, 0.15) is 0 Å². The van der Waals surface area contributed by atoms with Crippen molar-refractivity contribution in [2.75, 3.05) is 0 Å². The van der Waals surface area contributed by atoms with Gasteiger partial charge in [-0.25, -0.2) is 0 Å². The molecule has 0 aromatic heterocycles. The molecule has 0 amide bonds. The van der Waals surface area contributed by atoms with Crippen molar-refractivity contribution in [3.05, 3.63) is 12.2 Å². The molecule has 3 atom stereocenters. The largest absolute Gasteiger partial charge is 0.392 e. The molecule has 50 valence electrons. The highest BCUT2D eigenvalue weighted by Gasteiger charge is 2.46. The van der Waals surface area contributed by atoms with Crippen LogP contribution in [-0.4, -0.2) is 11.2 Å². The fraction of sp³-hybridized carbons (Fsp3) is 0.750. The molecule has 0 aromatic carbocycles. The second kappa shape index (κ2) is 1.40. The van der Waals surface area contributed by atoms with Crippen molar-refractivity contribution in [3.8, 4) is 0 Å². The van der Waals surface area contributed by atoms with Crippen molar-refractivity contribution < 1.29 is 5.11 Å². The van der Waals surface area contributed by atoms with E-state index in [1.807, 2.05) is 0 Å². The summed E-state index contributed by atoms with van der Waals surface area (Å²) in [5.74, 6) is 0.484. The Morgan fingerprint density at radius 3 is 2.67 bits per heavy atom. The van der Waals surface area contributed by atoms with Crippen LogP contribution in [0.3, 0.4) is 0 Å². The Morgan fingerprint density at radius 2 is 2.44 bits per heavy atom. The van der Waals surface area contributed by atoms with Gasteiger partial charge in [-0.15, -0.1) is 0 Å². The number of hydrogen-bond acceptors (Lipinski definition) is 1. The van der Waals surface area contributed by atoms with Gasteiger partial charge >= 0.3 is 0 Å². The molecule has 1 nitrogen and oxygen atoms in total. The first-order valence-electron chi connectivity index (χ1n) is 3.60. The predicted octanol–water partition coefficient (Wildman–Crippen LogP) is 1.33. The fourth-order valence-corrected chi connectivity index (χ4v) is 1.99. The van der Waals surface area contributed by atoms with Crippen LogP contribution in [0.15, 0.2) is 12.2 Å². The van der Waals surface area contributed by atoms with Gasteiger partial charge in [-0.05, 0) is 18.3 Å². The average molecular weight is 124 g/mol. The third kappa shape index (κ3) is 0.531. The molecule has 0 radical (unpaired) electrons. The first kappa shape index (κ1) is 5.48. The monoisotopic (exact) mass is 124 g/mol. The second-order valence-electron chi connectivity index (χ2n) is 3.50. The van der Waals surface area contributed by atoms with Crippen molar-refractivity contribution in [3.63, 3.8) is 0 Å². The highest BCUT2D eigenvalue weighted by molar-refractivity contribution is 5.22. The number of aliphatic hydroxyl groups excluding tert-OH is 1. The van der Waals surface area contributed by atoms with Crippen LogP contribution in [0.25, 0.3) is 0 Å². The highest BCUT2D eigenvalue weighted by Crippen LogP contribution is 2.51. The van der Waals surface area contributed by atoms with Gasteiger partial charge in [0.2, 0.25) is 0 Å². The van der Waals surface area contributed by atoms with Gasteiger partial charge in [-0.1, -0.05) is 19.1 Å². The maximum Gasteiger partial charge on any atom is 0.0611 e. The van der Waals surface area contributed by atoms with Gasteiger partial charge in [-0.2, -0.15) is 0 Å². The van der Waals surface area contributed by atoms with Gasteiger partial charge in [0, 0.05) is 5.92 Å². The minimum Gasteiger partial charge on any atom is -0.392 e. The Morgan fingerprint density at radius 1 is 1.67 bits per heavy atom. The van der Waals surface area contributed by atoms with Crippen LogP contribution >= 0.6 is 0 Å². The van der Waals surface area contributed by atoms with Crippen molar-refractivity contribution in [1.29, 1.82) is 0 Å². The predicted molar refractivity (Wildman–Crippen MR) is 36.0 cm³/mol. The molecule has 0 spiro atoms. The summed E-state index contributed by atoms with van der Waals surface area (Å²) in [5, 5.41) is 9.33. The third-order valence-corrected chi connectivity index (χ3v) is 2.84. The first-order chi connectivity index (χ1) is 4.22. The second-order valence-corrected chi connectivity index (χ2v) is 3.50. The molecule has 0 aliphatic heterocycles. The van der Waals surface area contributed by atoms with Gasteiger partial charge in [0.05, 0.1) is 6.10 Å². The van der Waals surface area contributed by atoms with Crippen LogP contribution in [0.2, 0.25) is 0 Å². The van der Waals surface area contributed by atoms with Crippen molar-refractivity contribution >= 4 is 0 Å². The van der Waals surface area contributed by atoms with Crippen LogP contribution in [-0.2, 0) is 0 Å². The smallest absolute Gasteiger partial charge is 0.0611 e. The summed E-state index contributed by atoms with van der Waals surface area (Å²) in [4.78, 5) is 0. The zero-order valence-electron chi connectivity index (χ0n) is 5.67. The zero-order chi connectivity index (χ0) is 6.48. The molecule has 9 heavy (non-hydrogen) atoms. The molecular weight excluding hydrogens is 112 g/mol. The normalized spacial score (nSPS) is 54.9.